The molecule has 0 aliphatic rings. The molecule has 0 bridgehead atoms. The van der Waals surface area contributed by atoms with Gasteiger partial charge in [0.05, 0.1) is 11.6 Å². The lowest BCUT2D eigenvalue weighted by atomic mass is 10.0. The summed E-state index contributed by atoms with van der Waals surface area (Å²) < 4.78 is 5.29. The normalized spacial score (nSPS) is 18.0. The van der Waals surface area contributed by atoms with Crippen molar-refractivity contribution in [2.24, 2.45) is 11.7 Å². The average molecular weight is 175 g/mol. The number of hydrogen-bond donors (Lipinski definition) is 2. The molecule has 0 aromatic carbocycles. The molecule has 0 amide bonds. The molecule has 0 aromatic rings. The molecule has 2 atom stereocenters. The van der Waals surface area contributed by atoms with E-state index in [1.54, 1.807) is 0 Å². The highest BCUT2D eigenvalue weighted by Crippen LogP contribution is 2.13. The average Bonchev–Trinajstić information content (AvgIpc) is 1.82. The van der Waals surface area contributed by atoms with Gasteiger partial charge in [0.15, 0.2) is 6.29 Å². The molecule has 3 heteroatoms. The van der Waals surface area contributed by atoms with Gasteiger partial charge in [-0.3, -0.25) is 0 Å². The fourth-order valence-corrected chi connectivity index (χ4v) is 0.770. The Morgan fingerprint density at radius 3 is 1.92 bits per heavy atom. The van der Waals surface area contributed by atoms with Crippen molar-refractivity contribution in [3.63, 3.8) is 0 Å². The SMILES string of the molecule is CC(C)[C@H](N)C(O)OC(C)(C)C. The van der Waals surface area contributed by atoms with Crippen LogP contribution in [0.3, 0.4) is 0 Å². The van der Waals surface area contributed by atoms with E-state index in [1.165, 1.54) is 0 Å². The summed E-state index contributed by atoms with van der Waals surface area (Å²) in [7, 11) is 0. The standard InChI is InChI=1S/C9H21NO2/c1-6(2)7(10)8(11)12-9(3,4)5/h6-8,11H,10H2,1-5H3/t7-,8?/m0/s1. The van der Waals surface area contributed by atoms with Crippen LogP contribution >= 0.6 is 0 Å². The molecule has 3 N–H and O–H groups in total. The lowest BCUT2D eigenvalue weighted by Crippen LogP contribution is -2.44. The van der Waals surface area contributed by atoms with Crippen molar-refractivity contribution in [2.75, 3.05) is 0 Å². The van der Waals surface area contributed by atoms with Crippen LogP contribution in [0, 0.1) is 5.92 Å². The summed E-state index contributed by atoms with van der Waals surface area (Å²) in [5, 5.41) is 9.48. The van der Waals surface area contributed by atoms with Crippen LogP contribution in [0.25, 0.3) is 0 Å². The first kappa shape index (κ1) is 11.9. The van der Waals surface area contributed by atoms with Crippen LogP contribution in [0.4, 0.5) is 0 Å². The summed E-state index contributed by atoms with van der Waals surface area (Å²) in [4.78, 5) is 0. The Balaban J connectivity index is 3.95. The minimum Gasteiger partial charge on any atom is -0.367 e. The van der Waals surface area contributed by atoms with E-state index >= 15 is 0 Å². The van der Waals surface area contributed by atoms with Crippen LogP contribution in [0.5, 0.6) is 0 Å². The maximum atomic E-state index is 9.48. The predicted octanol–water partition coefficient (Wildman–Crippen LogP) is 1.10. The highest BCUT2D eigenvalue weighted by molar-refractivity contribution is 4.71. The zero-order chi connectivity index (χ0) is 9.94. The topological polar surface area (TPSA) is 55.5 Å². The van der Waals surface area contributed by atoms with Crippen LogP contribution in [-0.2, 0) is 4.74 Å². The molecule has 12 heavy (non-hydrogen) atoms. The Hall–Kier alpha value is -0.120. The molecule has 0 spiro atoms. The first-order valence-corrected chi connectivity index (χ1v) is 4.35. The predicted molar refractivity (Wildman–Crippen MR) is 49.7 cm³/mol. The zero-order valence-corrected chi connectivity index (χ0v) is 8.66. The second-order valence-corrected chi connectivity index (χ2v) is 4.44. The van der Waals surface area contributed by atoms with Crippen LogP contribution in [0.15, 0.2) is 0 Å². The molecule has 0 fully saturated rings. The number of aliphatic hydroxyl groups is 1. The highest BCUT2D eigenvalue weighted by atomic mass is 16.6. The van der Waals surface area contributed by atoms with Crippen molar-refractivity contribution in [1.82, 2.24) is 0 Å². The number of ether oxygens (including phenoxy) is 1. The quantitative estimate of drug-likeness (QED) is 0.632. The molecule has 0 heterocycles. The van der Waals surface area contributed by atoms with Gasteiger partial charge in [-0.05, 0) is 26.7 Å². The molecule has 0 aromatic heterocycles. The Morgan fingerprint density at radius 2 is 1.67 bits per heavy atom. The lowest BCUT2D eigenvalue weighted by molar-refractivity contribution is -0.180. The first-order chi connectivity index (χ1) is 5.24. The van der Waals surface area contributed by atoms with Gasteiger partial charge in [-0.1, -0.05) is 13.8 Å². The van der Waals surface area contributed by atoms with Gasteiger partial charge in [0, 0.05) is 0 Å². The van der Waals surface area contributed by atoms with Crippen LogP contribution in [-0.4, -0.2) is 23.0 Å². The van der Waals surface area contributed by atoms with Crippen LogP contribution in [0.1, 0.15) is 34.6 Å². The molecule has 0 saturated carbocycles. The van der Waals surface area contributed by atoms with Gasteiger partial charge in [-0.15, -0.1) is 0 Å². The molecule has 3 nitrogen and oxygen atoms in total. The summed E-state index contributed by atoms with van der Waals surface area (Å²) in [5.74, 6) is 0.224. The Morgan fingerprint density at radius 1 is 1.25 bits per heavy atom. The molecule has 0 saturated heterocycles. The van der Waals surface area contributed by atoms with Crippen LogP contribution < -0.4 is 5.73 Å². The second-order valence-electron chi connectivity index (χ2n) is 4.44. The van der Waals surface area contributed by atoms with Crippen LogP contribution in [0.2, 0.25) is 0 Å². The minimum absolute atomic E-state index is 0.224. The maximum absolute atomic E-state index is 9.48. The third-order valence-electron chi connectivity index (χ3n) is 1.57. The zero-order valence-electron chi connectivity index (χ0n) is 8.66. The third-order valence-corrected chi connectivity index (χ3v) is 1.57. The summed E-state index contributed by atoms with van der Waals surface area (Å²) in [6.45, 7) is 9.59. The largest absolute Gasteiger partial charge is 0.367 e. The number of nitrogens with two attached hydrogens (primary N) is 1. The molecule has 0 aliphatic heterocycles. The molecule has 0 aliphatic carbocycles. The molecular formula is C9H21NO2. The Labute approximate surface area is 74.9 Å². The molecular weight excluding hydrogens is 154 g/mol. The van der Waals surface area contributed by atoms with E-state index < -0.39 is 6.29 Å². The second kappa shape index (κ2) is 4.21. The fraction of sp³-hybridized carbons (Fsp3) is 1.00. The van der Waals surface area contributed by atoms with Crippen molar-refractivity contribution < 1.29 is 9.84 Å². The van der Waals surface area contributed by atoms with E-state index in [9.17, 15) is 5.11 Å². The lowest BCUT2D eigenvalue weighted by Gasteiger charge is -2.29. The van der Waals surface area contributed by atoms with Crippen molar-refractivity contribution in [3.05, 3.63) is 0 Å². The first-order valence-electron chi connectivity index (χ1n) is 4.35. The van der Waals surface area contributed by atoms with E-state index in [4.69, 9.17) is 10.5 Å². The molecule has 74 valence electrons. The van der Waals surface area contributed by atoms with E-state index in [2.05, 4.69) is 0 Å². The van der Waals surface area contributed by atoms with Gasteiger partial charge < -0.3 is 15.6 Å². The summed E-state index contributed by atoms with van der Waals surface area (Å²) in [6, 6.07) is -0.316. The minimum atomic E-state index is -0.870. The van der Waals surface area contributed by atoms with Gasteiger partial charge in [-0.25, -0.2) is 0 Å². The van der Waals surface area contributed by atoms with Crippen molar-refractivity contribution in [2.45, 2.75) is 52.6 Å². The molecule has 0 radical (unpaired) electrons. The monoisotopic (exact) mass is 175 g/mol. The number of hydrogen-bond acceptors (Lipinski definition) is 3. The van der Waals surface area contributed by atoms with Gasteiger partial charge >= 0.3 is 0 Å². The van der Waals surface area contributed by atoms with Gasteiger partial charge in [0.1, 0.15) is 0 Å². The molecule has 0 rings (SSSR count). The highest BCUT2D eigenvalue weighted by Gasteiger charge is 2.23. The Bertz CT molecular complexity index is 129. The van der Waals surface area contributed by atoms with Crippen molar-refractivity contribution in [3.8, 4) is 0 Å². The van der Waals surface area contributed by atoms with Gasteiger partial charge in [-0.2, -0.15) is 0 Å². The van der Waals surface area contributed by atoms with Gasteiger partial charge in [0.2, 0.25) is 0 Å². The number of rotatable bonds is 3. The van der Waals surface area contributed by atoms with E-state index in [0.29, 0.717) is 0 Å². The third kappa shape index (κ3) is 4.70. The van der Waals surface area contributed by atoms with E-state index in [0.717, 1.165) is 0 Å². The fourth-order valence-electron chi connectivity index (χ4n) is 0.770. The summed E-state index contributed by atoms with van der Waals surface area (Å²) in [5.41, 5.74) is 5.35. The van der Waals surface area contributed by atoms with Gasteiger partial charge in [0.25, 0.3) is 0 Å². The summed E-state index contributed by atoms with van der Waals surface area (Å²) >= 11 is 0. The smallest absolute Gasteiger partial charge is 0.170 e. The van der Waals surface area contributed by atoms with Crippen molar-refractivity contribution >= 4 is 0 Å². The van der Waals surface area contributed by atoms with E-state index in [1.807, 2.05) is 34.6 Å². The summed E-state index contributed by atoms with van der Waals surface area (Å²) in [6.07, 6.45) is -0.870. The Kier molecular flexibility index (Phi) is 4.17. The van der Waals surface area contributed by atoms with Crippen molar-refractivity contribution in [1.29, 1.82) is 0 Å². The molecule has 1 unspecified atom stereocenters. The maximum Gasteiger partial charge on any atom is 0.170 e. The van der Waals surface area contributed by atoms with E-state index in [-0.39, 0.29) is 17.6 Å². The number of aliphatic hydroxyl groups excluding tert-OH is 1.